The van der Waals surface area contributed by atoms with Crippen molar-refractivity contribution in [1.29, 1.82) is 0 Å². The van der Waals surface area contributed by atoms with E-state index in [1.165, 1.54) is 0 Å². The van der Waals surface area contributed by atoms with Gasteiger partial charge >= 0.3 is 5.69 Å². The number of ether oxygens (including phenoxy) is 1. The third kappa shape index (κ3) is 2.50. The van der Waals surface area contributed by atoms with Gasteiger partial charge in [-0.3, -0.25) is 10.1 Å². The lowest BCUT2D eigenvalue weighted by atomic mass is 10.2. The Morgan fingerprint density at radius 1 is 1.41 bits per heavy atom. The fourth-order valence-electron chi connectivity index (χ4n) is 1.85. The van der Waals surface area contributed by atoms with E-state index >= 15 is 0 Å². The van der Waals surface area contributed by atoms with Gasteiger partial charge < -0.3 is 15.4 Å². The van der Waals surface area contributed by atoms with Crippen LogP contribution in [0.4, 0.5) is 17.1 Å². The summed E-state index contributed by atoms with van der Waals surface area (Å²) in [5.41, 5.74) is 6.39. The van der Waals surface area contributed by atoms with Gasteiger partial charge in [0.15, 0.2) is 0 Å². The van der Waals surface area contributed by atoms with Gasteiger partial charge in [0.2, 0.25) is 0 Å². The first-order valence-electron chi connectivity index (χ1n) is 5.15. The van der Waals surface area contributed by atoms with Crippen LogP contribution in [-0.4, -0.2) is 31.2 Å². The number of hydrogen-bond acceptors (Lipinski definition) is 5. The van der Waals surface area contributed by atoms with Crippen molar-refractivity contribution in [3.05, 3.63) is 26.7 Å². The molecule has 1 heterocycles. The number of halogens is 1. The van der Waals surface area contributed by atoms with Crippen LogP contribution < -0.4 is 10.6 Å². The highest BCUT2D eigenvalue weighted by molar-refractivity contribution is 9.10. The molecule has 7 heteroatoms. The van der Waals surface area contributed by atoms with Crippen molar-refractivity contribution in [2.75, 3.05) is 36.9 Å². The molecule has 6 nitrogen and oxygen atoms in total. The van der Waals surface area contributed by atoms with Crippen LogP contribution in [0.1, 0.15) is 0 Å². The van der Waals surface area contributed by atoms with Crippen LogP contribution in [0.5, 0.6) is 0 Å². The molecule has 92 valence electrons. The fraction of sp³-hybridized carbons (Fsp3) is 0.400. The molecule has 1 fully saturated rings. The summed E-state index contributed by atoms with van der Waals surface area (Å²) in [4.78, 5) is 12.5. The third-order valence-corrected chi connectivity index (χ3v) is 3.08. The van der Waals surface area contributed by atoms with Gasteiger partial charge in [-0.15, -0.1) is 0 Å². The van der Waals surface area contributed by atoms with Crippen molar-refractivity contribution < 1.29 is 9.66 Å². The quantitative estimate of drug-likeness (QED) is 0.511. The Morgan fingerprint density at radius 3 is 2.65 bits per heavy atom. The predicted octanol–water partition coefficient (Wildman–Crippen LogP) is 1.78. The second-order valence-electron chi connectivity index (χ2n) is 3.72. The summed E-state index contributed by atoms with van der Waals surface area (Å²) in [6, 6.07) is 3.27. The first kappa shape index (κ1) is 12.1. The van der Waals surface area contributed by atoms with Crippen molar-refractivity contribution in [2.45, 2.75) is 0 Å². The van der Waals surface area contributed by atoms with Crippen LogP contribution >= 0.6 is 15.9 Å². The van der Waals surface area contributed by atoms with E-state index in [2.05, 4.69) is 15.9 Å². The molecule has 1 aliphatic rings. The third-order valence-electron chi connectivity index (χ3n) is 2.62. The Labute approximate surface area is 107 Å². The number of hydrogen-bond donors (Lipinski definition) is 1. The van der Waals surface area contributed by atoms with Crippen molar-refractivity contribution in [3.63, 3.8) is 0 Å². The number of nitrogens with zero attached hydrogens (tertiary/aromatic N) is 2. The van der Waals surface area contributed by atoms with Crippen LogP contribution in [0.15, 0.2) is 16.6 Å². The minimum Gasteiger partial charge on any atom is -0.393 e. The zero-order chi connectivity index (χ0) is 12.4. The smallest absolute Gasteiger partial charge is 0.315 e. The number of benzene rings is 1. The lowest BCUT2D eigenvalue weighted by Gasteiger charge is -2.28. The maximum absolute atomic E-state index is 11.0. The van der Waals surface area contributed by atoms with Crippen LogP contribution in [0.2, 0.25) is 0 Å². The summed E-state index contributed by atoms with van der Waals surface area (Å²) in [6.07, 6.45) is 0. The molecule has 2 N–H and O–H groups in total. The molecule has 0 bridgehead atoms. The van der Waals surface area contributed by atoms with Crippen molar-refractivity contribution in [2.24, 2.45) is 0 Å². The summed E-state index contributed by atoms with van der Waals surface area (Å²) in [6.45, 7) is 2.42. The Hall–Kier alpha value is -1.34. The molecular formula is C10H12BrN3O3. The number of nitro groups is 1. The second-order valence-corrected chi connectivity index (χ2v) is 4.63. The van der Waals surface area contributed by atoms with Crippen LogP contribution in [0.3, 0.4) is 0 Å². The molecule has 0 spiro atoms. The summed E-state index contributed by atoms with van der Waals surface area (Å²) >= 11 is 3.30. The Morgan fingerprint density at radius 2 is 2.06 bits per heavy atom. The van der Waals surface area contributed by atoms with E-state index in [9.17, 15) is 10.1 Å². The van der Waals surface area contributed by atoms with Gasteiger partial charge in [-0.25, -0.2) is 0 Å². The Balaban J connectivity index is 2.46. The largest absolute Gasteiger partial charge is 0.393 e. The van der Waals surface area contributed by atoms with Crippen molar-refractivity contribution in [1.82, 2.24) is 0 Å². The normalized spacial score (nSPS) is 15.9. The monoisotopic (exact) mass is 301 g/mol. The highest BCUT2D eigenvalue weighted by atomic mass is 79.9. The molecular weight excluding hydrogens is 290 g/mol. The zero-order valence-electron chi connectivity index (χ0n) is 9.06. The molecule has 0 aromatic heterocycles. The number of anilines is 2. The summed E-state index contributed by atoms with van der Waals surface area (Å²) in [5.74, 6) is 0. The topological polar surface area (TPSA) is 81.6 Å². The minimum atomic E-state index is -0.438. The number of nitrogens with two attached hydrogens (primary N) is 1. The number of nitrogen functional groups attached to an aromatic ring is 1. The molecule has 17 heavy (non-hydrogen) atoms. The van der Waals surface area contributed by atoms with Gasteiger partial charge in [-0.05, 0) is 12.1 Å². The zero-order valence-corrected chi connectivity index (χ0v) is 10.6. The molecule has 1 saturated heterocycles. The summed E-state index contributed by atoms with van der Waals surface area (Å²) < 4.78 is 5.97. The molecule has 0 unspecified atom stereocenters. The van der Waals surface area contributed by atoms with Gasteiger partial charge in [0.25, 0.3) is 0 Å². The van der Waals surface area contributed by atoms with Gasteiger partial charge in [0.1, 0.15) is 11.4 Å². The molecule has 2 rings (SSSR count). The van der Waals surface area contributed by atoms with E-state index < -0.39 is 4.92 Å². The van der Waals surface area contributed by atoms with Crippen molar-refractivity contribution in [3.8, 4) is 0 Å². The molecule has 0 atom stereocenters. The van der Waals surface area contributed by atoms with Gasteiger partial charge in [-0.1, -0.05) is 15.9 Å². The molecule has 0 saturated carbocycles. The number of rotatable bonds is 2. The van der Waals surface area contributed by atoms with E-state index in [1.54, 1.807) is 12.1 Å². The van der Waals surface area contributed by atoms with Gasteiger partial charge in [0.05, 0.1) is 18.1 Å². The lowest BCUT2D eigenvalue weighted by molar-refractivity contribution is -0.383. The lowest BCUT2D eigenvalue weighted by Crippen LogP contribution is -2.36. The molecule has 0 radical (unpaired) electrons. The van der Waals surface area contributed by atoms with E-state index in [4.69, 9.17) is 10.5 Å². The van der Waals surface area contributed by atoms with Gasteiger partial charge in [0, 0.05) is 17.6 Å². The van der Waals surface area contributed by atoms with Crippen molar-refractivity contribution >= 4 is 33.0 Å². The molecule has 1 aromatic carbocycles. The minimum absolute atomic E-state index is 0.0323. The van der Waals surface area contributed by atoms with E-state index in [0.29, 0.717) is 32.0 Å². The first-order valence-corrected chi connectivity index (χ1v) is 5.95. The Bertz CT molecular complexity index is 447. The van der Waals surface area contributed by atoms with E-state index in [-0.39, 0.29) is 11.4 Å². The molecule has 0 aliphatic carbocycles. The SMILES string of the molecule is Nc1cc(Br)cc(N2CCOCC2)c1[N+](=O)[O-]. The predicted molar refractivity (Wildman–Crippen MR) is 68.2 cm³/mol. The summed E-state index contributed by atoms with van der Waals surface area (Å²) in [7, 11) is 0. The molecule has 1 aromatic rings. The number of morpholine rings is 1. The molecule has 0 amide bonds. The van der Waals surface area contributed by atoms with E-state index in [1.807, 2.05) is 4.90 Å². The highest BCUT2D eigenvalue weighted by Gasteiger charge is 2.24. The molecule has 1 aliphatic heterocycles. The second kappa shape index (κ2) is 4.89. The number of nitro benzene ring substituents is 1. The maximum Gasteiger partial charge on any atom is 0.315 e. The van der Waals surface area contributed by atoms with E-state index in [0.717, 1.165) is 4.47 Å². The van der Waals surface area contributed by atoms with Crippen LogP contribution in [-0.2, 0) is 4.74 Å². The summed E-state index contributed by atoms with van der Waals surface area (Å²) in [5, 5.41) is 11.0. The first-order chi connectivity index (χ1) is 8.09. The van der Waals surface area contributed by atoms with Crippen LogP contribution in [0, 0.1) is 10.1 Å². The Kier molecular flexibility index (Phi) is 3.49. The standard InChI is InChI=1S/C10H12BrN3O3/c11-7-5-8(12)10(14(15)16)9(6-7)13-1-3-17-4-2-13/h5-6H,1-4,12H2. The maximum atomic E-state index is 11.0. The average Bonchev–Trinajstić information content (AvgIpc) is 2.28. The van der Waals surface area contributed by atoms with Gasteiger partial charge in [-0.2, -0.15) is 0 Å². The highest BCUT2D eigenvalue weighted by Crippen LogP contribution is 2.37. The fourth-order valence-corrected chi connectivity index (χ4v) is 2.31. The average molecular weight is 302 g/mol. The van der Waals surface area contributed by atoms with Crippen LogP contribution in [0.25, 0.3) is 0 Å².